The lowest BCUT2D eigenvalue weighted by atomic mass is 10.2. The summed E-state index contributed by atoms with van der Waals surface area (Å²) in [6.45, 7) is 0.304. The molecule has 162 valence electrons. The van der Waals surface area contributed by atoms with Crippen molar-refractivity contribution >= 4 is 45.9 Å². The van der Waals surface area contributed by atoms with Crippen molar-refractivity contribution in [3.63, 3.8) is 0 Å². The SMILES string of the molecule is COc1cccc(C=NNc2nc(-c3ccccc3)cs2)c1OCc1ccc(Cl)c(Cl)c1. The van der Waals surface area contributed by atoms with Gasteiger partial charge in [0, 0.05) is 16.5 Å². The summed E-state index contributed by atoms with van der Waals surface area (Å²) in [5.41, 5.74) is 6.60. The van der Waals surface area contributed by atoms with Crippen LogP contribution in [0, 0.1) is 0 Å². The lowest BCUT2D eigenvalue weighted by molar-refractivity contribution is 0.284. The van der Waals surface area contributed by atoms with Crippen molar-refractivity contribution in [3.05, 3.63) is 93.3 Å². The predicted octanol–water partition coefficient (Wildman–Crippen LogP) is 7.15. The zero-order chi connectivity index (χ0) is 22.3. The Morgan fingerprint density at radius 1 is 1.03 bits per heavy atom. The van der Waals surface area contributed by atoms with Crippen LogP contribution in [-0.4, -0.2) is 18.3 Å². The highest BCUT2D eigenvalue weighted by molar-refractivity contribution is 7.14. The van der Waals surface area contributed by atoms with E-state index in [1.54, 1.807) is 25.5 Å². The van der Waals surface area contributed by atoms with Crippen LogP contribution in [0.25, 0.3) is 11.3 Å². The van der Waals surface area contributed by atoms with Crippen molar-refractivity contribution in [2.24, 2.45) is 5.10 Å². The maximum Gasteiger partial charge on any atom is 0.203 e. The second-order valence-electron chi connectivity index (χ2n) is 6.69. The van der Waals surface area contributed by atoms with Crippen LogP contribution in [0.1, 0.15) is 11.1 Å². The van der Waals surface area contributed by atoms with Gasteiger partial charge < -0.3 is 9.47 Å². The van der Waals surface area contributed by atoms with Crippen molar-refractivity contribution in [2.45, 2.75) is 6.61 Å². The lowest BCUT2D eigenvalue weighted by Crippen LogP contribution is -2.01. The molecule has 0 unspecified atom stereocenters. The number of anilines is 1. The highest BCUT2D eigenvalue weighted by Gasteiger charge is 2.11. The van der Waals surface area contributed by atoms with Gasteiger partial charge >= 0.3 is 0 Å². The van der Waals surface area contributed by atoms with Crippen LogP contribution >= 0.6 is 34.5 Å². The van der Waals surface area contributed by atoms with Crippen molar-refractivity contribution in [2.75, 3.05) is 12.5 Å². The molecular weight excluding hydrogens is 465 g/mol. The normalized spacial score (nSPS) is 11.0. The van der Waals surface area contributed by atoms with Gasteiger partial charge in [-0.3, -0.25) is 5.43 Å². The zero-order valence-electron chi connectivity index (χ0n) is 17.1. The number of hydrogen-bond donors (Lipinski definition) is 1. The molecule has 3 aromatic carbocycles. The summed E-state index contributed by atoms with van der Waals surface area (Å²) in [4.78, 5) is 4.57. The average Bonchev–Trinajstić information content (AvgIpc) is 3.29. The van der Waals surface area contributed by atoms with E-state index in [0.29, 0.717) is 33.3 Å². The van der Waals surface area contributed by atoms with Crippen molar-refractivity contribution < 1.29 is 9.47 Å². The highest BCUT2D eigenvalue weighted by atomic mass is 35.5. The first-order valence-electron chi connectivity index (χ1n) is 9.68. The second-order valence-corrected chi connectivity index (χ2v) is 8.36. The van der Waals surface area contributed by atoms with E-state index in [1.165, 1.54) is 11.3 Å². The van der Waals surface area contributed by atoms with E-state index in [-0.39, 0.29) is 0 Å². The average molecular weight is 484 g/mol. The number of aromatic nitrogens is 1. The minimum absolute atomic E-state index is 0.304. The van der Waals surface area contributed by atoms with Crippen molar-refractivity contribution in [1.29, 1.82) is 0 Å². The van der Waals surface area contributed by atoms with Gasteiger partial charge in [0.2, 0.25) is 5.13 Å². The Labute approximate surface area is 200 Å². The summed E-state index contributed by atoms with van der Waals surface area (Å²) in [5.74, 6) is 1.19. The monoisotopic (exact) mass is 483 g/mol. The maximum atomic E-state index is 6.11. The van der Waals surface area contributed by atoms with E-state index in [2.05, 4.69) is 15.5 Å². The van der Waals surface area contributed by atoms with Gasteiger partial charge in [-0.2, -0.15) is 5.10 Å². The van der Waals surface area contributed by atoms with Gasteiger partial charge in [-0.05, 0) is 29.8 Å². The number of rotatable bonds is 8. The molecule has 8 heteroatoms. The lowest BCUT2D eigenvalue weighted by Gasteiger charge is -2.13. The maximum absolute atomic E-state index is 6.11. The quantitative estimate of drug-likeness (QED) is 0.213. The summed E-state index contributed by atoms with van der Waals surface area (Å²) >= 11 is 13.6. The van der Waals surface area contributed by atoms with Crippen LogP contribution in [0.2, 0.25) is 10.0 Å². The van der Waals surface area contributed by atoms with E-state index in [4.69, 9.17) is 32.7 Å². The van der Waals surface area contributed by atoms with E-state index in [9.17, 15) is 0 Å². The Bertz CT molecular complexity index is 1230. The minimum Gasteiger partial charge on any atom is -0.493 e. The van der Waals surface area contributed by atoms with Crippen molar-refractivity contribution in [1.82, 2.24) is 4.98 Å². The summed E-state index contributed by atoms with van der Waals surface area (Å²) in [5, 5.41) is 8.01. The van der Waals surface area contributed by atoms with Crippen LogP contribution in [0.5, 0.6) is 11.5 Å². The molecule has 0 bridgehead atoms. The van der Waals surface area contributed by atoms with Crippen LogP contribution < -0.4 is 14.9 Å². The predicted molar refractivity (Wildman–Crippen MR) is 133 cm³/mol. The molecule has 0 radical (unpaired) electrons. The third-order valence-corrected chi connectivity index (χ3v) is 6.02. The molecule has 0 fully saturated rings. The molecule has 5 nitrogen and oxygen atoms in total. The second kappa shape index (κ2) is 10.5. The standard InChI is InChI=1S/C24H19Cl2N3O2S/c1-30-22-9-5-8-18(23(22)31-14-16-10-11-19(25)20(26)12-16)13-27-29-24-28-21(15-32-24)17-6-3-2-4-7-17/h2-13,15H,14H2,1H3,(H,28,29). The largest absolute Gasteiger partial charge is 0.493 e. The third-order valence-electron chi connectivity index (χ3n) is 4.53. The Morgan fingerprint density at radius 3 is 2.66 bits per heavy atom. The summed E-state index contributed by atoms with van der Waals surface area (Å²) < 4.78 is 11.5. The number of ether oxygens (including phenoxy) is 2. The molecule has 0 aliphatic heterocycles. The fraction of sp³-hybridized carbons (Fsp3) is 0.0833. The molecule has 4 rings (SSSR count). The molecule has 4 aromatic rings. The molecule has 0 spiro atoms. The number of nitrogens with one attached hydrogen (secondary N) is 1. The van der Waals surface area contributed by atoms with E-state index in [1.807, 2.05) is 60.0 Å². The first kappa shape index (κ1) is 22.1. The van der Waals surface area contributed by atoms with Crippen LogP contribution in [0.4, 0.5) is 5.13 Å². The first-order chi connectivity index (χ1) is 15.6. The number of halogens is 2. The molecular formula is C24H19Cl2N3O2S. The van der Waals surface area contributed by atoms with E-state index in [0.717, 1.165) is 22.4 Å². The van der Waals surface area contributed by atoms with Crippen LogP contribution in [0.3, 0.4) is 0 Å². The van der Waals surface area contributed by atoms with Gasteiger partial charge in [-0.15, -0.1) is 11.3 Å². The molecule has 1 aromatic heterocycles. The van der Waals surface area contributed by atoms with Gasteiger partial charge in [0.1, 0.15) is 6.61 Å². The highest BCUT2D eigenvalue weighted by Crippen LogP contribution is 2.32. The van der Waals surface area contributed by atoms with Gasteiger partial charge in [0.15, 0.2) is 11.5 Å². The van der Waals surface area contributed by atoms with Gasteiger partial charge in [-0.25, -0.2) is 4.98 Å². The topological polar surface area (TPSA) is 55.7 Å². The fourth-order valence-corrected chi connectivity index (χ4v) is 3.95. The molecule has 0 atom stereocenters. The number of methoxy groups -OCH3 is 1. The molecule has 1 N–H and O–H groups in total. The van der Waals surface area contributed by atoms with Crippen molar-refractivity contribution in [3.8, 4) is 22.8 Å². The molecule has 32 heavy (non-hydrogen) atoms. The minimum atomic E-state index is 0.304. The van der Waals surface area contributed by atoms with Gasteiger partial charge in [-0.1, -0.05) is 65.7 Å². The third kappa shape index (κ3) is 5.40. The Morgan fingerprint density at radius 2 is 1.88 bits per heavy atom. The number of benzene rings is 3. The Balaban J connectivity index is 1.48. The molecule has 0 saturated carbocycles. The van der Waals surface area contributed by atoms with Gasteiger partial charge in [0.25, 0.3) is 0 Å². The van der Waals surface area contributed by atoms with Gasteiger partial charge in [0.05, 0.1) is 29.1 Å². The number of hydrazone groups is 1. The van der Waals surface area contributed by atoms with E-state index < -0.39 is 0 Å². The first-order valence-corrected chi connectivity index (χ1v) is 11.3. The molecule has 0 aliphatic rings. The summed E-state index contributed by atoms with van der Waals surface area (Å²) in [6, 6.07) is 21.0. The molecule has 1 heterocycles. The van der Waals surface area contributed by atoms with E-state index >= 15 is 0 Å². The Kier molecular flexibility index (Phi) is 7.27. The zero-order valence-corrected chi connectivity index (χ0v) is 19.4. The van der Waals surface area contributed by atoms with Crippen LogP contribution in [0.15, 0.2) is 77.2 Å². The molecule has 0 saturated heterocycles. The smallest absolute Gasteiger partial charge is 0.203 e. The number of thiazole rings is 1. The van der Waals surface area contributed by atoms with Crippen LogP contribution in [-0.2, 0) is 6.61 Å². The Hall–Kier alpha value is -3.06. The molecule has 0 aliphatic carbocycles. The molecule has 0 amide bonds. The number of hydrogen-bond acceptors (Lipinski definition) is 6. The number of nitrogens with zero attached hydrogens (tertiary/aromatic N) is 2. The summed E-state index contributed by atoms with van der Waals surface area (Å²) in [7, 11) is 1.60. The summed E-state index contributed by atoms with van der Waals surface area (Å²) in [6.07, 6.45) is 1.68. The number of para-hydroxylation sites is 1. The fourth-order valence-electron chi connectivity index (χ4n) is 2.96.